The highest BCUT2D eigenvalue weighted by Crippen LogP contribution is 2.41. The van der Waals surface area contributed by atoms with Crippen molar-refractivity contribution in [3.05, 3.63) is 77.0 Å². The minimum absolute atomic E-state index is 0.0285. The summed E-state index contributed by atoms with van der Waals surface area (Å²) in [5.41, 5.74) is 4.60. The number of rotatable bonds is 6. The average Bonchev–Trinajstić information content (AvgIpc) is 3.09. The molecule has 1 aliphatic rings. The molecule has 26 heavy (non-hydrogen) atoms. The third-order valence-corrected chi connectivity index (χ3v) is 4.96. The fraction of sp³-hybridized carbons (Fsp3) is 0.364. The Labute approximate surface area is 155 Å². The first kappa shape index (κ1) is 19.7. The van der Waals surface area contributed by atoms with Gasteiger partial charge in [-0.3, -0.25) is 0 Å². The molecule has 1 aliphatic carbocycles. The minimum atomic E-state index is -0.923. The number of aliphatic carboxylic acids is 1. The first-order valence-corrected chi connectivity index (χ1v) is 9.03. The predicted molar refractivity (Wildman–Crippen MR) is 105 cm³/mol. The van der Waals surface area contributed by atoms with Gasteiger partial charge in [-0.25, -0.2) is 14.8 Å². The summed E-state index contributed by atoms with van der Waals surface area (Å²) in [7, 11) is 0. The molecule has 0 bridgehead atoms. The van der Waals surface area contributed by atoms with Crippen LogP contribution in [-0.4, -0.2) is 16.1 Å². The zero-order valence-corrected chi connectivity index (χ0v) is 16.1. The van der Waals surface area contributed by atoms with Crippen molar-refractivity contribution in [3.63, 3.8) is 0 Å². The van der Waals surface area contributed by atoms with E-state index >= 15 is 0 Å². The molecule has 4 nitrogen and oxygen atoms in total. The van der Waals surface area contributed by atoms with E-state index in [4.69, 9.17) is 5.11 Å². The number of carboxylic acids is 1. The van der Waals surface area contributed by atoms with Gasteiger partial charge in [-0.1, -0.05) is 41.5 Å². The van der Waals surface area contributed by atoms with Crippen LogP contribution in [0.5, 0.6) is 0 Å². The summed E-state index contributed by atoms with van der Waals surface area (Å²) >= 11 is 0. The quantitative estimate of drug-likeness (QED) is 0.576. The fourth-order valence-corrected chi connectivity index (χ4v) is 3.51. The number of H-pyrrole nitrogens is 2. The summed E-state index contributed by atoms with van der Waals surface area (Å²) < 4.78 is 0. The number of hydrogen-bond donors (Lipinski definition) is 2. The molecule has 0 spiro atoms. The Morgan fingerprint density at radius 2 is 2.08 bits per heavy atom. The minimum Gasteiger partial charge on any atom is -0.478 e. The average molecular weight is 353 g/mol. The van der Waals surface area contributed by atoms with Crippen LogP contribution in [0.15, 0.2) is 71.1 Å². The summed E-state index contributed by atoms with van der Waals surface area (Å²) in [6, 6.07) is 0. The number of carbonyl (C=O) groups is 1. The van der Waals surface area contributed by atoms with Crippen LogP contribution < -0.4 is 4.98 Å². The number of hydrogen-bond acceptors (Lipinski definition) is 1. The van der Waals surface area contributed by atoms with E-state index in [0.717, 1.165) is 24.2 Å². The Bertz CT molecular complexity index is 792. The van der Waals surface area contributed by atoms with Gasteiger partial charge in [0.05, 0.1) is 5.41 Å². The van der Waals surface area contributed by atoms with E-state index in [1.165, 1.54) is 23.6 Å². The lowest BCUT2D eigenvalue weighted by Gasteiger charge is -2.32. The van der Waals surface area contributed by atoms with Crippen molar-refractivity contribution in [1.82, 2.24) is 4.98 Å². The van der Waals surface area contributed by atoms with Crippen LogP contribution in [0.3, 0.4) is 0 Å². The van der Waals surface area contributed by atoms with Gasteiger partial charge in [0.2, 0.25) is 0 Å². The molecule has 1 aromatic heterocycles. The Balaban J connectivity index is 2.20. The second-order valence-corrected chi connectivity index (χ2v) is 7.21. The van der Waals surface area contributed by atoms with Crippen molar-refractivity contribution in [3.8, 4) is 0 Å². The molecule has 4 heteroatoms. The second kappa shape index (κ2) is 8.65. The Morgan fingerprint density at radius 3 is 2.73 bits per heavy atom. The largest absolute Gasteiger partial charge is 0.478 e. The maximum atomic E-state index is 10.6. The fourth-order valence-electron chi connectivity index (χ4n) is 3.51. The molecule has 0 unspecified atom stereocenters. The Morgan fingerprint density at radius 1 is 1.31 bits per heavy atom. The van der Waals surface area contributed by atoms with Crippen molar-refractivity contribution in [2.24, 2.45) is 0 Å². The standard InChI is InChI=1S/C22H28N2O2/c1-16(7-5-8-17(2)15-20(25)26)10-11-19-18(3)9-6-12-22(19,4)21-23-13-14-24-21/h5,7-8,10-11,13-15H,6,9,12H2,1-4H3,(H,23,24)(H,25,26)/p+1/b8-5+,11-10+,16-7+,17-15+/t22-/m1/s1. The van der Waals surface area contributed by atoms with Crippen LogP contribution >= 0.6 is 0 Å². The molecule has 0 fully saturated rings. The van der Waals surface area contributed by atoms with Crippen molar-refractivity contribution in [2.45, 2.75) is 52.4 Å². The first-order valence-electron chi connectivity index (χ1n) is 9.03. The van der Waals surface area contributed by atoms with E-state index in [9.17, 15) is 4.79 Å². The summed E-state index contributed by atoms with van der Waals surface area (Å²) in [6.45, 7) is 8.34. The molecular formula is C22H29N2O2+. The van der Waals surface area contributed by atoms with Gasteiger partial charge in [0.25, 0.3) is 5.82 Å². The Hall–Kier alpha value is -2.62. The zero-order valence-electron chi connectivity index (χ0n) is 16.1. The SMILES string of the molecule is CC1=C(/C=C/C(C)=C/C=C/C(C)=C/C(=O)O)[C@](C)(c2[nH]cc[nH+]2)CCC1. The maximum Gasteiger partial charge on any atom is 0.328 e. The van der Waals surface area contributed by atoms with Crippen LogP contribution in [0.25, 0.3) is 0 Å². The number of nitrogens with one attached hydrogen (secondary N) is 2. The van der Waals surface area contributed by atoms with E-state index in [1.807, 2.05) is 31.5 Å². The number of aromatic amines is 2. The van der Waals surface area contributed by atoms with Gasteiger partial charge in [0.15, 0.2) is 0 Å². The molecule has 1 aromatic rings. The van der Waals surface area contributed by atoms with Gasteiger partial charge in [-0.05, 0) is 58.1 Å². The maximum absolute atomic E-state index is 10.6. The number of allylic oxidation sites excluding steroid dienone is 9. The summed E-state index contributed by atoms with van der Waals surface area (Å²) in [5, 5.41) is 8.73. The molecule has 0 aromatic carbocycles. The van der Waals surface area contributed by atoms with Crippen LogP contribution in [0.2, 0.25) is 0 Å². The first-order chi connectivity index (χ1) is 12.3. The molecule has 0 saturated heterocycles. The van der Waals surface area contributed by atoms with Gasteiger partial charge in [-0.15, -0.1) is 0 Å². The predicted octanol–water partition coefficient (Wildman–Crippen LogP) is 4.68. The summed E-state index contributed by atoms with van der Waals surface area (Å²) in [5.74, 6) is 0.222. The molecule has 3 N–H and O–H groups in total. The Kier molecular flexibility index (Phi) is 6.56. The van der Waals surface area contributed by atoms with Crippen molar-refractivity contribution >= 4 is 5.97 Å². The smallest absolute Gasteiger partial charge is 0.328 e. The van der Waals surface area contributed by atoms with E-state index in [0.29, 0.717) is 5.57 Å². The lowest BCUT2D eigenvalue weighted by molar-refractivity contribution is -0.394. The molecule has 0 saturated carbocycles. The van der Waals surface area contributed by atoms with Gasteiger partial charge in [0, 0.05) is 6.08 Å². The van der Waals surface area contributed by atoms with Gasteiger partial charge < -0.3 is 5.11 Å². The molecule has 0 aliphatic heterocycles. The molecule has 2 rings (SSSR count). The summed E-state index contributed by atoms with van der Waals surface area (Å²) in [4.78, 5) is 17.3. The van der Waals surface area contributed by atoms with Crippen molar-refractivity contribution in [2.75, 3.05) is 0 Å². The topological polar surface area (TPSA) is 67.2 Å². The third-order valence-electron chi connectivity index (χ3n) is 4.96. The van der Waals surface area contributed by atoms with Crippen LogP contribution in [0.4, 0.5) is 0 Å². The van der Waals surface area contributed by atoms with Gasteiger partial charge in [0.1, 0.15) is 12.4 Å². The zero-order chi connectivity index (χ0) is 19.2. The number of imidazole rings is 1. The van der Waals surface area contributed by atoms with E-state index < -0.39 is 5.97 Å². The van der Waals surface area contributed by atoms with Crippen molar-refractivity contribution in [1.29, 1.82) is 0 Å². The lowest BCUT2D eigenvalue weighted by Crippen LogP contribution is -2.33. The second-order valence-electron chi connectivity index (χ2n) is 7.21. The van der Waals surface area contributed by atoms with E-state index in [1.54, 1.807) is 13.0 Å². The van der Waals surface area contributed by atoms with E-state index in [-0.39, 0.29) is 5.41 Å². The lowest BCUT2D eigenvalue weighted by atomic mass is 9.70. The van der Waals surface area contributed by atoms with Crippen molar-refractivity contribution < 1.29 is 14.9 Å². The number of aromatic nitrogens is 2. The van der Waals surface area contributed by atoms with Gasteiger partial charge >= 0.3 is 5.97 Å². The van der Waals surface area contributed by atoms with Crippen LogP contribution in [-0.2, 0) is 10.2 Å². The molecular weight excluding hydrogens is 324 g/mol. The van der Waals surface area contributed by atoms with Gasteiger partial charge in [-0.2, -0.15) is 0 Å². The highest BCUT2D eigenvalue weighted by atomic mass is 16.4. The molecule has 138 valence electrons. The molecule has 1 atom stereocenters. The highest BCUT2D eigenvalue weighted by Gasteiger charge is 2.39. The third kappa shape index (κ3) is 4.94. The summed E-state index contributed by atoms with van der Waals surface area (Å²) in [6.07, 6.45) is 18.6. The normalized spacial score (nSPS) is 22.6. The highest BCUT2D eigenvalue weighted by molar-refractivity contribution is 5.81. The van der Waals surface area contributed by atoms with Crippen LogP contribution in [0.1, 0.15) is 52.8 Å². The van der Waals surface area contributed by atoms with E-state index in [2.05, 4.69) is 36.0 Å². The molecule has 1 heterocycles. The number of carboxylic acid groups (broad SMARTS) is 1. The molecule has 0 amide bonds. The monoisotopic (exact) mass is 353 g/mol. The molecule has 0 radical (unpaired) electrons. The van der Waals surface area contributed by atoms with Crippen LogP contribution in [0, 0.1) is 0 Å².